The van der Waals surface area contributed by atoms with Gasteiger partial charge in [-0.3, -0.25) is 9.59 Å². The van der Waals surface area contributed by atoms with E-state index in [9.17, 15) is 9.59 Å². The molecule has 1 aliphatic rings. The van der Waals surface area contributed by atoms with Gasteiger partial charge < -0.3 is 15.0 Å². The predicted molar refractivity (Wildman–Crippen MR) is 134 cm³/mol. The molecule has 3 aromatic rings. The van der Waals surface area contributed by atoms with Gasteiger partial charge in [0.05, 0.1) is 20.1 Å². The minimum Gasteiger partial charge on any atom is -0.497 e. The molecule has 1 N–H and O–H groups in total. The maximum atomic E-state index is 13.7. The van der Waals surface area contributed by atoms with E-state index in [0.29, 0.717) is 12.3 Å². The number of methoxy groups -OCH3 is 1. The molecule has 1 saturated carbocycles. The zero-order chi connectivity index (χ0) is 23.0. The summed E-state index contributed by atoms with van der Waals surface area (Å²) in [6.45, 7) is 0.391. The number of thiophene rings is 2. The van der Waals surface area contributed by atoms with Gasteiger partial charge in [0, 0.05) is 15.8 Å². The molecule has 5 nitrogen and oxygen atoms in total. The van der Waals surface area contributed by atoms with Gasteiger partial charge in [-0.1, -0.05) is 43.5 Å². The van der Waals surface area contributed by atoms with E-state index in [0.717, 1.165) is 41.0 Å². The number of nitrogens with one attached hydrogen (secondary N) is 1. The molecule has 0 saturated heterocycles. The largest absolute Gasteiger partial charge is 0.497 e. The normalized spacial score (nSPS) is 15.1. The topological polar surface area (TPSA) is 58.6 Å². The van der Waals surface area contributed by atoms with Crippen molar-refractivity contribution in [2.24, 2.45) is 0 Å². The van der Waals surface area contributed by atoms with E-state index in [4.69, 9.17) is 4.74 Å². The van der Waals surface area contributed by atoms with E-state index < -0.39 is 6.04 Å². The van der Waals surface area contributed by atoms with Gasteiger partial charge in [-0.2, -0.15) is 0 Å². The molecule has 174 valence electrons. The van der Waals surface area contributed by atoms with E-state index in [2.05, 4.69) is 5.32 Å². The van der Waals surface area contributed by atoms with E-state index >= 15 is 0 Å². The van der Waals surface area contributed by atoms with Crippen LogP contribution >= 0.6 is 22.7 Å². The lowest BCUT2D eigenvalue weighted by molar-refractivity contribution is -0.141. The second-order valence-electron chi connectivity index (χ2n) is 8.38. The molecule has 0 spiro atoms. The lowest BCUT2D eigenvalue weighted by atomic mass is 9.94. The van der Waals surface area contributed by atoms with Crippen molar-refractivity contribution in [3.8, 4) is 5.75 Å². The highest BCUT2D eigenvalue weighted by atomic mass is 32.1. The summed E-state index contributed by atoms with van der Waals surface area (Å²) in [6, 6.07) is 14.9. The third kappa shape index (κ3) is 6.24. The molecule has 0 unspecified atom stereocenters. The van der Waals surface area contributed by atoms with Crippen LogP contribution in [-0.4, -0.2) is 29.9 Å². The van der Waals surface area contributed by atoms with E-state index in [1.54, 1.807) is 34.7 Å². The van der Waals surface area contributed by atoms with Crippen LogP contribution in [0.3, 0.4) is 0 Å². The number of hydrogen-bond acceptors (Lipinski definition) is 5. The van der Waals surface area contributed by atoms with Crippen molar-refractivity contribution in [2.75, 3.05) is 7.11 Å². The molecule has 0 radical (unpaired) electrons. The van der Waals surface area contributed by atoms with E-state index in [1.807, 2.05) is 59.3 Å². The number of carbonyl (C=O) groups excluding carboxylic acids is 2. The van der Waals surface area contributed by atoms with Crippen LogP contribution in [0.1, 0.15) is 53.5 Å². The third-order valence-electron chi connectivity index (χ3n) is 6.05. The molecule has 1 fully saturated rings. The van der Waals surface area contributed by atoms with E-state index in [1.165, 1.54) is 6.42 Å². The van der Waals surface area contributed by atoms with Crippen molar-refractivity contribution in [3.63, 3.8) is 0 Å². The summed E-state index contributed by atoms with van der Waals surface area (Å²) in [5.74, 6) is 0.494. The predicted octanol–water partition coefficient (Wildman–Crippen LogP) is 5.58. The Hall–Kier alpha value is -2.64. The van der Waals surface area contributed by atoms with Crippen molar-refractivity contribution in [1.29, 1.82) is 0 Å². The first-order valence-electron chi connectivity index (χ1n) is 11.4. The molecule has 0 aliphatic heterocycles. The highest BCUT2D eigenvalue weighted by Gasteiger charge is 2.33. The van der Waals surface area contributed by atoms with Gasteiger partial charge >= 0.3 is 0 Å². The van der Waals surface area contributed by atoms with Crippen molar-refractivity contribution < 1.29 is 14.3 Å². The Bertz CT molecular complexity index is 1030. The minimum atomic E-state index is -0.725. The third-order valence-corrected chi connectivity index (χ3v) is 7.79. The van der Waals surface area contributed by atoms with Gasteiger partial charge in [-0.15, -0.1) is 22.7 Å². The summed E-state index contributed by atoms with van der Waals surface area (Å²) < 4.78 is 5.43. The number of ether oxygens (including phenoxy) is 1. The lowest BCUT2D eigenvalue weighted by Gasteiger charge is -2.33. The Balaban J connectivity index is 1.68. The number of amides is 2. The Morgan fingerprint density at radius 2 is 1.76 bits per heavy atom. The molecule has 2 amide bonds. The summed E-state index contributed by atoms with van der Waals surface area (Å²) in [7, 11) is 1.61. The molecular weight excluding hydrogens is 452 g/mol. The first kappa shape index (κ1) is 23.5. The molecule has 1 atom stereocenters. The van der Waals surface area contributed by atoms with Crippen molar-refractivity contribution in [3.05, 3.63) is 74.6 Å². The zero-order valence-electron chi connectivity index (χ0n) is 18.9. The highest BCUT2D eigenvalue weighted by molar-refractivity contribution is 7.10. The molecule has 1 aromatic carbocycles. The monoisotopic (exact) mass is 482 g/mol. The van der Waals surface area contributed by atoms with Crippen molar-refractivity contribution >= 4 is 34.5 Å². The van der Waals surface area contributed by atoms with Gasteiger partial charge in [-0.25, -0.2) is 0 Å². The van der Waals surface area contributed by atoms with Gasteiger partial charge in [0.25, 0.3) is 0 Å². The maximum Gasteiger partial charge on any atom is 0.247 e. The summed E-state index contributed by atoms with van der Waals surface area (Å²) in [4.78, 5) is 31.2. The quantitative estimate of drug-likeness (QED) is 0.433. The number of hydrogen-bond donors (Lipinski definition) is 1. The molecular formula is C26H30N2O3S2. The molecule has 1 aliphatic carbocycles. The Kier molecular flexibility index (Phi) is 8.18. The second kappa shape index (κ2) is 11.5. The van der Waals surface area contributed by atoms with Crippen molar-refractivity contribution in [1.82, 2.24) is 10.2 Å². The number of rotatable bonds is 9. The molecule has 2 heterocycles. The first-order chi connectivity index (χ1) is 16.1. The van der Waals surface area contributed by atoms with Gasteiger partial charge in [-0.05, 0) is 53.4 Å². The molecule has 0 bridgehead atoms. The van der Waals surface area contributed by atoms with Gasteiger partial charge in [0.2, 0.25) is 11.8 Å². The Morgan fingerprint density at radius 3 is 2.42 bits per heavy atom. The number of nitrogens with zero attached hydrogens (tertiary/aromatic N) is 1. The smallest absolute Gasteiger partial charge is 0.247 e. The fraction of sp³-hybridized carbons (Fsp3) is 0.385. The Morgan fingerprint density at radius 1 is 1.03 bits per heavy atom. The summed E-state index contributed by atoms with van der Waals surface area (Å²) in [5, 5.41) is 7.23. The lowest BCUT2D eigenvalue weighted by Crippen LogP contribution is -2.47. The summed E-state index contributed by atoms with van der Waals surface area (Å²) in [6.07, 6.45) is 5.74. The number of carbonyl (C=O) groups is 2. The average molecular weight is 483 g/mol. The summed E-state index contributed by atoms with van der Waals surface area (Å²) >= 11 is 3.16. The summed E-state index contributed by atoms with van der Waals surface area (Å²) in [5.41, 5.74) is 0.763. The maximum absolute atomic E-state index is 13.7. The first-order valence-corrected chi connectivity index (χ1v) is 13.2. The van der Waals surface area contributed by atoms with Crippen LogP contribution in [0.4, 0.5) is 0 Å². The van der Waals surface area contributed by atoms with Crippen LogP contribution in [0.5, 0.6) is 5.75 Å². The van der Waals surface area contributed by atoms with Crippen LogP contribution in [0.15, 0.2) is 59.3 Å². The van der Waals surface area contributed by atoms with Crippen LogP contribution < -0.4 is 10.1 Å². The highest BCUT2D eigenvalue weighted by Crippen LogP contribution is 2.29. The zero-order valence-corrected chi connectivity index (χ0v) is 20.5. The van der Waals surface area contributed by atoms with Crippen LogP contribution in [0, 0.1) is 0 Å². The van der Waals surface area contributed by atoms with Crippen LogP contribution in [-0.2, 0) is 22.6 Å². The van der Waals surface area contributed by atoms with Crippen molar-refractivity contribution in [2.45, 2.75) is 57.2 Å². The SMILES string of the molecule is COc1cccc([C@@H](C(=O)NC2CCCCC2)N(Cc2cccs2)C(=O)Cc2cccs2)c1. The van der Waals surface area contributed by atoms with Crippen LogP contribution in [0.25, 0.3) is 0 Å². The standard InChI is InChI=1S/C26H30N2O3S2/c1-31-21-11-5-8-19(16-21)25(26(30)27-20-9-3-2-4-10-20)28(18-23-13-7-15-33-23)24(29)17-22-12-6-14-32-22/h5-8,11-16,20,25H,2-4,9-10,17-18H2,1H3,(H,27,30)/t25-/m0/s1. The average Bonchev–Trinajstić information content (AvgIpc) is 3.54. The molecule has 4 rings (SSSR count). The Labute approximate surface area is 203 Å². The second-order valence-corrected chi connectivity index (χ2v) is 10.4. The minimum absolute atomic E-state index is 0.0579. The molecule has 33 heavy (non-hydrogen) atoms. The fourth-order valence-electron chi connectivity index (χ4n) is 4.37. The van der Waals surface area contributed by atoms with E-state index in [-0.39, 0.29) is 24.3 Å². The van der Waals surface area contributed by atoms with Gasteiger partial charge in [0.15, 0.2) is 0 Å². The van der Waals surface area contributed by atoms with Crippen LogP contribution in [0.2, 0.25) is 0 Å². The fourth-order valence-corrected chi connectivity index (χ4v) is 5.77. The molecule has 7 heteroatoms. The van der Waals surface area contributed by atoms with Gasteiger partial charge in [0.1, 0.15) is 11.8 Å². The number of benzene rings is 1. The molecule has 2 aromatic heterocycles.